The standard InChI is InChI=1S/C23H24N8O/c24-13-15-12-17(20(26)32)23(31-22(15)30-19-8-2-1-7-18(19)25)29-16-6-3-5-14(11-16)21-27-9-4-10-28-21/h3-6,9-12,18-19H,1-2,7-8,25H2,(H2,26,32)(H2,29,30,31)/t18-,19+/m0/s1. The number of hydrogen-bond acceptors (Lipinski definition) is 8. The zero-order valence-electron chi connectivity index (χ0n) is 17.5. The number of carbonyl (C=O) groups is 1. The van der Waals surface area contributed by atoms with Gasteiger partial charge in [-0.05, 0) is 37.1 Å². The maximum atomic E-state index is 12.1. The highest BCUT2D eigenvalue weighted by Gasteiger charge is 2.24. The Morgan fingerprint density at radius 2 is 1.88 bits per heavy atom. The molecule has 4 rings (SSSR count). The van der Waals surface area contributed by atoms with Gasteiger partial charge in [-0.1, -0.05) is 25.0 Å². The second-order valence-corrected chi connectivity index (χ2v) is 7.73. The van der Waals surface area contributed by atoms with E-state index in [2.05, 4.69) is 31.7 Å². The Labute approximate surface area is 185 Å². The van der Waals surface area contributed by atoms with Gasteiger partial charge < -0.3 is 22.1 Å². The molecule has 0 spiro atoms. The molecule has 3 aromatic rings. The molecule has 9 heteroatoms. The Bertz CT molecular complexity index is 1160. The average molecular weight is 429 g/mol. The average Bonchev–Trinajstić information content (AvgIpc) is 2.81. The molecular formula is C23H24N8O. The molecule has 0 unspecified atom stereocenters. The molecular weight excluding hydrogens is 404 g/mol. The van der Waals surface area contributed by atoms with Crippen molar-refractivity contribution in [2.24, 2.45) is 11.5 Å². The smallest absolute Gasteiger partial charge is 0.252 e. The summed E-state index contributed by atoms with van der Waals surface area (Å²) in [6, 6.07) is 12.7. The lowest BCUT2D eigenvalue weighted by Crippen LogP contribution is -2.43. The highest BCUT2D eigenvalue weighted by atomic mass is 16.1. The summed E-state index contributed by atoms with van der Waals surface area (Å²) in [5.41, 5.74) is 13.7. The maximum absolute atomic E-state index is 12.1. The van der Waals surface area contributed by atoms with E-state index in [1.54, 1.807) is 18.5 Å². The number of nitrogens with zero attached hydrogens (tertiary/aromatic N) is 4. The molecule has 1 saturated carbocycles. The minimum atomic E-state index is -0.681. The third kappa shape index (κ3) is 4.66. The fourth-order valence-corrected chi connectivity index (χ4v) is 3.83. The molecule has 0 aliphatic heterocycles. The van der Waals surface area contributed by atoms with Crippen molar-refractivity contribution in [3.8, 4) is 17.5 Å². The lowest BCUT2D eigenvalue weighted by Gasteiger charge is -2.30. The van der Waals surface area contributed by atoms with Crippen LogP contribution in [0.5, 0.6) is 0 Å². The van der Waals surface area contributed by atoms with Crippen LogP contribution in [-0.2, 0) is 0 Å². The molecule has 6 N–H and O–H groups in total. The predicted octanol–water partition coefficient (Wildman–Crippen LogP) is 2.93. The number of carbonyl (C=O) groups excluding carboxylic acids is 1. The van der Waals surface area contributed by atoms with Gasteiger partial charge in [0, 0.05) is 35.7 Å². The largest absolute Gasteiger partial charge is 0.365 e. The SMILES string of the molecule is N#Cc1cc(C(N)=O)c(Nc2cccc(-c3ncccn3)c2)nc1N[C@@H]1CCCC[C@@H]1N. The number of anilines is 3. The van der Waals surface area contributed by atoms with E-state index in [-0.39, 0.29) is 29.0 Å². The second-order valence-electron chi connectivity index (χ2n) is 7.73. The summed E-state index contributed by atoms with van der Waals surface area (Å²) in [6.07, 6.45) is 7.30. The van der Waals surface area contributed by atoms with Crippen molar-refractivity contribution in [1.29, 1.82) is 5.26 Å². The normalized spacial score (nSPS) is 17.9. The third-order valence-electron chi connectivity index (χ3n) is 5.50. The minimum absolute atomic E-state index is 0.00850. The highest BCUT2D eigenvalue weighted by molar-refractivity contribution is 5.99. The third-order valence-corrected chi connectivity index (χ3v) is 5.50. The van der Waals surface area contributed by atoms with Crippen LogP contribution < -0.4 is 22.1 Å². The first-order valence-corrected chi connectivity index (χ1v) is 10.5. The molecule has 1 aliphatic rings. The van der Waals surface area contributed by atoms with E-state index in [0.717, 1.165) is 31.2 Å². The molecule has 32 heavy (non-hydrogen) atoms. The number of nitrogens with one attached hydrogen (secondary N) is 2. The molecule has 2 aromatic heterocycles. The van der Waals surface area contributed by atoms with E-state index >= 15 is 0 Å². The molecule has 0 bridgehead atoms. The van der Waals surface area contributed by atoms with Crippen molar-refractivity contribution < 1.29 is 4.79 Å². The van der Waals surface area contributed by atoms with E-state index in [0.29, 0.717) is 17.3 Å². The van der Waals surface area contributed by atoms with E-state index in [4.69, 9.17) is 11.5 Å². The summed E-state index contributed by atoms with van der Waals surface area (Å²) in [5, 5.41) is 16.1. The summed E-state index contributed by atoms with van der Waals surface area (Å²) in [4.78, 5) is 25.2. The Hall–Kier alpha value is -4.03. The molecule has 2 atom stereocenters. The number of pyridine rings is 1. The summed E-state index contributed by atoms with van der Waals surface area (Å²) in [5.74, 6) is 0.534. The van der Waals surface area contributed by atoms with Crippen LogP contribution in [0.15, 0.2) is 48.8 Å². The summed E-state index contributed by atoms with van der Waals surface area (Å²) < 4.78 is 0. The van der Waals surface area contributed by atoms with Crippen molar-refractivity contribution >= 4 is 23.2 Å². The number of nitrogens with two attached hydrogens (primary N) is 2. The van der Waals surface area contributed by atoms with Gasteiger partial charge in [-0.2, -0.15) is 5.26 Å². The minimum Gasteiger partial charge on any atom is -0.365 e. The van der Waals surface area contributed by atoms with Gasteiger partial charge in [-0.25, -0.2) is 15.0 Å². The number of rotatable bonds is 6. The molecule has 0 radical (unpaired) electrons. The lowest BCUT2D eigenvalue weighted by atomic mass is 9.91. The summed E-state index contributed by atoms with van der Waals surface area (Å²) in [6.45, 7) is 0. The first kappa shape index (κ1) is 21.2. The van der Waals surface area contributed by atoms with Gasteiger partial charge >= 0.3 is 0 Å². The van der Waals surface area contributed by atoms with Crippen LogP contribution in [0.4, 0.5) is 17.3 Å². The number of benzene rings is 1. The Morgan fingerprint density at radius 3 is 2.59 bits per heavy atom. The molecule has 1 aliphatic carbocycles. The van der Waals surface area contributed by atoms with Gasteiger partial charge in [0.15, 0.2) is 5.82 Å². The Balaban J connectivity index is 1.68. The molecule has 9 nitrogen and oxygen atoms in total. The van der Waals surface area contributed by atoms with Crippen LogP contribution in [0.2, 0.25) is 0 Å². The lowest BCUT2D eigenvalue weighted by molar-refractivity contribution is 0.100. The number of primary amides is 1. The van der Waals surface area contributed by atoms with Crippen LogP contribution in [0, 0.1) is 11.3 Å². The fraction of sp³-hybridized carbons (Fsp3) is 0.261. The Kier molecular flexibility index (Phi) is 6.24. The summed E-state index contributed by atoms with van der Waals surface area (Å²) >= 11 is 0. The zero-order valence-corrected chi connectivity index (χ0v) is 17.5. The molecule has 1 fully saturated rings. The monoisotopic (exact) mass is 428 g/mol. The fourth-order valence-electron chi connectivity index (χ4n) is 3.83. The van der Waals surface area contributed by atoms with Crippen LogP contribution in [0.25, 0.3) is 11.4 Å². The van der Waals surface area contributed by atoms with Crippen molar-refractivity contribution in [1.82, 2.24) is 15.0 Å². The first-order valence-electron chi connectivity index (χ1n) is 10.5. The van der Waals surface area contributed by atoms with Crippen LogP contribution in [0.1, 0.15) is 41.6 Å². The second kappa shape index (κ2) is 9.41. The predicted molar refractivity (Wildman–Crippen MR) is 122 cm³/mol. The van der Waals surface area contributed by atoms with Crippen LogP contribution >= 0.6 is 0 Å². The van der Waals surface area contributed by atoms with Crippen LogP contribution in [0.3, 0.4) is 0 Å². The van der Waals surface area contributed by atoms with E-state index in [1.165, 1.54) is 6.07 Å². The van der Waals surface area contributed by atoms with Gasteiger partial charge in [0.05, 0.1) is 11.1 Å². The number of aromatic nitrogens is 3. The first-order chi connectivity index (χ1) is 15.5. The van der Waals surface area contributed by atoms with Gasteiger partial charge in [0.1, 0.15) is 17.7 Å². The Morgan fingerprint density at radius 1 is 1.09 bits per heavy atom. The summed E-state index contributed by atoms with van der Waals surface area (Å²) in [7, 11) is 0. The van der Waals surface area contributed by atoms with Crippen molar-refractivity contribution in [2.45, 2.75) is 37.8 Å². The number of hydrogen-bond donors (Lipinski definition) is 4. The highest BCUT2D eigenvalue weighted by Crippen LogP contribution is 2.28. The molecule has 162 valence electrons. The molecule has 2 heterocycles. The van der Waals surface area contributed by atoms with E-state index < -0.39 is 5.91 Å². The van der Waals surface area contributed by atoms with Gasteiger partial charge in [0.2, 0.25) is 0 Å². The van der Waals surface area contributed by atoms with E-state index in [1.807, 2.05) is 24.3 Å². The molecule has 0 saturated heterocycles. The van der Waals surface area contributed by atoms with E-state index in [9.17, 15) is 10.1 Å². The topological polar surface area (TPSA) is 156 Å². The quantitative estimate of drug-likeness (QED) is 0.467. The van der Waals surface area contributed by atoms with Crippen molar-refractivity contribution in [3.05, 3.63) is 59.9 Å². The zero-order chi connectivity index (χ0) is 22.5. The molecule has 1 amide bonds. The van der Waals surface area contributed by atoms with Crippen molar-refractivity contribution in [3.63, 3.8) is 0 Å². The van der Waals surface area contributed by atoms with Crippen molar-refractivity contribution in [2.75, 3.05) is 10.6 Å². The molecule has 1 aromatic carbocycles. The number of nitriles is 1. The number of amides is 1. The van der Waals surface area contributed by atoms with Gasteiger partial charge in [-0.3, -0.25) is 4.79 Å². The maximum Gasteiger partial charge on any atom is 0.252 e. The van der Waals surface area contributed by atoms with Gasteiger partial charge in [-0.15, -0.1) is 0 Å². The van der Waals surface area contributed by atoms with Crippen LogP contribution in [-0.4, -0.2) is 32.9 Å². The van der Waals surface area contributed by atoms with Gasteiger partial charge in [0.25, 0.3) is 5.91 Å².